The molecule has 1 saturated heterocycles. The number of hydrogen-bond acceptors (Lipinski definition) is 5. The summed E-state index contributed by atoms with van der Waals surface area (Å²) in [5.41, 5.74) is 1.88. The van der Waals surface area contributed by atoms with Gasteiger partial charge in [-0.05, 0) is 60.0 Å². The summed E-state index contributed by atoms with van der Waals surface area (Å²) in [7, 11) is 0. The molecule has 1 aliphatic carbocycles. The normalized spacial score (nSPS) is 31.5. The van der Waals surface area contributed by atoms with Crippen LogP contribution in [0.5, 0.6) is 0 Å². The largest absolute Gasteiger partial charge is 0.388 e. The van der Waals surface area contributed by atoms with Crippen molar-refractivity contribution in [2.24, 2.45) is 0 Å². The van der Waals surface area contributed by atoms with E-state index in [9.17, 15) is 15.3 Å². The maximum absolute atomic E-state index is 10.8. The molecule has 4 nitrogen and oxygen atoms in total. The Labute approximate surface area is 178 Å². The molecule has 2 heterocycles. The van der Waals surface area contributed by atoms with E-state index in [1.54, 1.807) is 18.3 Å². The fourth-order valence-electron chi connectivity index (χ4n) is 4.80. The second kappa shape index (κ2) is 7.05. The highest BCUT2D eigenvalue weighted by Gasteiger charge is 2.55. The lowest BCUT2D eigenvalue weighted by molar-refractivity contribution is -0.268. The number of thiophene rings is 1. The van der Waals surface area contributed by atoms with Crippen molar-refractivity contribution in [2.75, 3.05) is 0 Å². The van der Waals surface area contributed by atoms with Gasteiger partial charge in [-0.2, -0.15) is 0 Å². The zero-order valence-corrected chi connectivity index (χ0v) is 17.6. The third-order valence-electron chi connectivity index (χ3n) is 6.36. The summed E-state index contributed by atoms with van der Waals surface area (Å²) in [5, 5.41) is 33.3. The van der Waals surface area contributed by atoms with E-state index in [1.807, 2.05) is 24.3 Å². The summed E-state index contributed by atoms with van der Waals surface area (Å²) in [6.45, 7) is 1.73. The summed E-state index contributed by atoms with van der Waals surface area (Å²) in [4.78, 5) is 1.22. The van der Waals surface area contributed by atoms with Gasteiger partial charge < -0.3 is 20.1 Å². The lowest BCUT2D eigenvalue weighted by atomic mass is 9.80. The molecule has 1 aromatic heterocycles. The van der Waals surface area contributed by atoms with E-state index in [1.165, 1.54) is 15.0 Å². The minimum Gasteiger partial charge on any atom is -0.388 e. The zero-order chi connectivity index (χ0) is 20.3. The summed E-state index contributed by atoms with van der Waals surface area (Å²) >= 11 is 8.36. The highest BCUT2D eigenvalue weighted by Crippen LogP contribution is 2.49. The van der Waals surface area contributed by atoms with Crippen LogP contribution in [-0.2, 0) is 23.2 Å². The molecule has 0 radical (unpaired) electrons. The average Bonchev–Trinajstić information content (AvgIpc) is 3.27. The second-order valence-electron chi connectivity index (χ2n) is 8.17. The molecule has 0 amide bonds. The molecule has 2 aliphatic rings. The van der Waals surface area contributed by atoms with E-state index in [0.29, 0.717) is 24.3 Å². The highest BCUT2D eigenvalue weighted by molar-refractivity contribution is 7.19. The molecule has 0 bridgehead atoms. The van der Waals surface area contributed by atoms with Crippen LogP contribution in [0.4, 0.5) is 0 Å². The van der Waals surface area contributed by atoms with E-state index >= 15 is 0 Å². The van der Waals surface area contributed by atoms with Crippen LogP contribution in [0.3, 0.4) is 0 Å². The number of aliphatic hydroxyl groups is 3. The van der Waals surface area contributed by atoms with Crippen LogP contribution in [0.15, 0.2) is 42.5 Å². The molecular formula is C23H23ClO4S. The first-order valence-electron chi connectivity index (χ1n) is 9.90. The van der Waals surface area contributed by atoms with E-state index in [-0.39, 0.29) is 0 Å². The summed E-state index contributed by atoms with van der Waals surface area (Å²) in [6.07, 6.45) is -2.14. The fourth-order valence-corrected chi connectivity index (χ4v) is 6.14. The molecule has 5 atom stereocenters. The van der Waals surface area contributed by atoms with Crippen molar-refractivity contribution in [2.45, 2.75) is 56.2 Å². The smallest absolute Gasteiger partial charge is 0.123 e. The number of ether oxygens (including phenoxy) is 1. The van der Waals surface area contributed by atoms with E-state index in [4.69, 9.17) is 16.3 Å². The zero-order valence-electron chi connectivity index (χ0n) is 16.0. The Morgan fingerprint density at radius 3 is 2.72 bits per heavy atom. The SMILES string of the molecule is C[C@H]1O[C@]2(CCc3cc(Cl)c(Cc4cc5ccccc5s4)cc32)[C@H](O)[C@@H](O)[C@@H]1O. The summed E-state index contributed by atoms with van der Waals surface area (Å²) < 4.78 is 7.39. The third-order valence-corrected chi connectivity index (χ3v) is 7.83. The van der Waals surface area contributed by atoms with Crippen molar-refractivity contribution >= 4 is 33.0 Å². The first kappa shape index (κ1) is 19.5. The Morgan fingerprint density at radius 2 is 1.93 bits per heavy atom. The molecule has 5 rings (SSSR count). The molecule has 1 spiro atoms. The number of aryl methyl sites for hydroxylation is 1. The van der Waals surface area contributed by atoms with Crippen molar-refractivity contribution in [3.63, 3.8) is 0 Å². The van der Waals surface area contributed by atoms with Crippen molar-refractivity contribution in [1.82, 2.24) is 0 Å². The number of hydrogen-bond donors (Lipinski definition) is 3. The lowest BCUT2D eigenvalue weighted by Crippen LogP contribution is -2.61. The Balaban J connectivity index is 1.54. The number of halogens is 1. The van der Waals surface area contributed by atoms with Crippen LogP contribution in [-0.4, -0.2) is 39.7 Å². The molecule has 29 heavy (non-hydrogen) atoms. The van der Waals surface area contributed by atoms with Gasteiger partial charge in [0.05, 0.1) is 6.10 Å². The Hall–Kier alpha value is -1.47. The predicted molar refractivity (Wildman–Crippen MR) is 115 cm³/mol. The maximum Gasteiger partial charge on any atom is 0.123 e. The Bertz CT molecular complexity index is 1050. The van der Waals surface area contributed by atoms with Gasteiger partial charge in [0.2, 0.25) is 0 Å². The number of fused-ring (bicyclic) bond motifs is 3. The summed E-state index contributed by atoms with van der Waals surface area (Å²) in [5.74, 6) is 0. The minimum atomic E-state index is -1.24. The molecule has 6 heteroatoms. The number of benzene rings is 2. The van der Waals surface area contributed by atoms with Crippen LogP contribution in [0.2, 0.25) is 5.02 Å². The lowest BCUT2D eigenvalue weighted by Gasteiger charge is -2.47. The first-order chi connectivity index (χ1) is 13.9. The monoisotopic (exact) mass is 430 g/mol. The van der Waals surface area contributed by atoms with Gasteiger partial charge in [0.25, 0.3) is 0 Å². The quantitative estimate of drug-likeness (QED) is 0.578. The molecule has 3 aromatic rings. The molecule has 1 aliphatic heterocycles. The number of rotatable bonds is 2. The first-order valence-corrected chi connectivity index (χ1v) is 11.1. The van der Waals surface area contributed by atoms with Crippen molar-refractivity contribution in [3.8, 4) is 0 Å². The molecule has 0 saturated carbocycles. The molecule has 2 aromatic carbocycles. The van der Waals surface area contributed by atoms with Gasteiger partial charge in [-0.25, -0.2) is 0 Å². The van der Waals surface area contributed by atoms with Crippen molar-refractivity contribution < 1.29 is 20.1 Å². The molecule has 0 unspecified atom stereocenters. The number of aliphatic hydroxyl groups excluding tert-OH is 3. The van der Waals surface area contributed by atoms with Crippen LogP contribution >= 0.6 is 22.9 Å². The van der Waals surface area contributed by atoms with Crippen LogP contribution in [0.25, 0.3) is 10.1 Å². The third kappa shape index (κ3) is 3.03. The van der Waals surface area contributed by atoms with Crippen molar-refractivity contribution in [3.05, 3.63) is 69.1 Å². The predicted octanol–water partition coefficient (Wildman–Crippen LogP) is 3.79. The van der Waals surface area contributed by atoms with Crippen LogP contribution in [0.1, 0.15) is 34.9 Å². The van der Waals surface area contributed by atoms with Gasteiger partial charge in [0, 0.05) is 21.0 Å². The molecule has 1 fully saturated rings. The van der Waals surface area contributed by atoms with Gasteiger partial charge in [-0.1, -0.05) is 35.9 Å². The van der Waals surface area contributed by atoms with Gasteiger partial charge in [-0.3, -0.25) is 0 Å². The Morgan fingerprint density at radius 1 is 1.14 bits per heavy atom. The van der Waals surface area contributed by atoms with Crippen molar-refractivity contribution in [1.29, 1.82) is 0 Å². The van der Waals surface area contributed by atoms with Crippen LogP contribution < -0.4 is 0 Å². The fraction of sp³-hybridized carbons (Fsp3) is 0.391. The van der Waals surface area contributed by atoms with E-state index in [0.717, 1.165) is 16.7 Å². The standard InChI is InChI=1S/C23H23ClO4S/c1-12-20(25)21(26)22(27)23(28-12)7-6-13-11-18(24)15(10-17(13)23)9-16-8-14-4-2-3-5-19(14)29-16/h2-5,8,10-12,20-22,25-27H,6-7,9H2,1H3/t12-,20-,21+,22-,23+/m1/s1. The van der Waals surface area contributed by atoms with E-state index < -0.39 is 30.0 Å². The maximum atomic E-state index is 10.8. The van der Waals surface area contributed by atoms with Crippen LogP contribution in [0, 0.1) is 0 Å². The minimum absolute atomic E-state index is 0.556. The van der Waals surface area contributed by atoms with Gasteiger partial charge in [0.1, 0.15) is 23.9 Å². The van der Waals surface area contributed by atoms with Gasteiger partial charge in [-0.15, -0.1) is 11.3 Å². The molecule has 152 valence electrons. The van der Waals surface area contributed by atoms with E-state index in [2.05, 4.69) is 18.2 Å². The second-order valence-corrected chi connectivity index (χ2v) is 9.74. The average molecular weight is 431 g/mol. The van der Waals surface area contributed by atoms with Gasteiger partial charge in [0.15, 0.2) is 0 Å². The Kier molecular flexibility index (Phi) is 4.74. The highest BCUT2D eigenvalue weighted by atomic mass is 35.5. The topological polar surface area (TPSA) is 69.9 Å². The molecular weight excluding hydrogens is 408 g/mol. The summed E-state index contributed by atoms with van der Waals surface area (Å²) in [6, 6.07) is 14.5. The van der Waals surface area contributed by atoms with Gasteiger partial charge >= 0.3 is 0 Å². The molecule has 3 N–H and O–H groups in total.